The fourth-order valence-corrected chi connectivity index (χ4v) is 6.37. The number of para-hydroxylation sites is 1. The number of carbonyl (C=O) groups excluding carboxylic acids is 2. The number of nitrogens with zero attached hydrogens (tertiary/aromatic N) is 2. The molecule has 4 rings (SSSR count). The van der Waals surface area contributed by atoms with Crippen LogP contribution in [0.15, 0.2) is 114 Å². The van der Waals surface area contributed by atoms with Crippen molar-refractivity contribution >= 4 is 27.5 Å². The fraction of sp³-hybridized carbons (Fsp3) is 0.257. The molecule has 9 nitrogen and oxygen atoms in total. The van der Waals surface area contributed by atoms with E-state index in [-0.39, 0.29) is 35.6 Å². The molecule has 0 aliphatic heterocycles. The van der Waals surface area contributed by atoms with Crippen LogP contribution in [0.1, 0.15) is 25.0 Å². The highest BCUT2D eigenvalue weighted by Crippen LogP contribution is 2.32. The Bertz CT molecular complexity index is 1670. The van der Waals surface area contributed by atoms with E-state index < -0.39 is 28.5 Å². The summed E-state index contributed by atoms with van der Waals surface area (Å²) in [5.74, 6) is -0.261. The summed E-state index contributed by atoms with van der Waals surface area (Å²) in [6, 6.07) is 30.4. The highest BCUT2D eigenvalue weighted by atomic mass is 32.2. The third kappa shape index (κ3) is 8.42. The Hall–Kier alpha value is -4.83. The van der Waals surface area contributed by atoms with Gasteiger partial charge in [0.2, 0.25) is 11.8 Å². The summed E-state index contributed by atoms with van der Waals surface area (Å²) in [5.41, 5.74) is 1.96. The smallest absolute Gasteiger partial charge is 0.264 e. The topological polar surface area (TPSA) is 105 Å². The Morgan fingerprint density at radius 1 is 0.756 bits per heavy atom. The van der Waals surface area contributed by atoms with Gasteiger partial charge in [0.1, 0.15) is 12.6 Å². The molecule has 0 aromatic heterocycles. The van der Waals surface area contributed by atoms with E-state index in [1.165, 1.54) is 37.3 Å². The number of amides is 2. The van der Waals surface area contributed by atoms with E-state index in [4.69, 9.17) is 9.47 Å². The zero-order chi connectivity index (χ0) is 32.4. The van der Waals surface area contributed by atoms with Crippen LogP contribution in [0.25, 0.3) is 0 Å². The number of methoxy groups -OCH3 is 2. The van der Waals surface area contributed by atoms with Gasteiger partial charge in [0.05, 0.1) is 24.8 Å². The van der Waals surface area contributed by atoms with E-state index in [0.29, 0.717) is 11.4 Å². The Labute approximate surface area is 265 Å². The molecule has 4 aromatic carbocycles. The lowest BCUT2D eigenvalue weighted by atomic mass is 10.0. The highest BCUT2D eigenvalue weighted by Gasteiger charge is 2.35. The number of sulfonamides is 1. The van der Waals surface area contributed by atoms with Gasteiger partial charge < -0.3 is 19.7 Å². The lowest BCUT2D eigenvalue weighted by Crippen LogP contribution is -2.54. The van der Waals surface area contributed by atoms with Crippen LogP contribution in [0.5, 0.6) is 11.5 Å². The van der Waals surface area contributed by atoms with E-state index >= 15 is 0 Å². The first-order valence-corrected chi connectivity index (χ1v) is 16.1. The molecular formula is C35H39N3O6S. The summed E-state index contributed by atoms with van der Waals surface area (Å²) in [6.07, 6.45) is 0.242. The van der Waals surface area contributed by atoms with Gasteiger partial charge in [-0.1, -0.05) is 78.9 Å². The van der Waals surface area contributed by atoms with Crippen molar-refractivity contribution in [3.63, 3.8) is 0 Å². The SMILES string of the molecule is COc1ccc(S(=O)(=O)N(CC(=O)N(Cc2ccccc2)[C@H](Cc2ccccc2)C(=O)NC(C)C)c2ccccc2)cc1OC. The van der Waals surface area contributed by atoms with Gasteiger partial charge in [-0.15, -0.1) is 0 Å². The quantitative estimate of drug-likeness (QED) is 0.209. The minimum Gasteiger partial charge on any atom is -0.493 e. The van der Waals surface area contributed by atoms with Crippen molar-refractivity contribution in [2.75, 3.05) is 25.1 Å². The molecule has 10 heteroatoms. The number of carbonyl (C=O) groups is 2. The molecule has 1 atom stereocenters. The molecule has 0 heterocycles. The zero-order valence-electron chi connectivity index (χ0n) is 25.9. The molecule has 0 saturated heterocycles. The van der Waals surface area contributed by atoms with Crippen LogP contribution in [0, 0.1) is 0 Å². The number of anilines is 1. The summed E-state index contributed by atoms with van der Waals surface area (Å²) >= 11 is 0. The predicted molar refractivity (Wildman–Crippen MR) is 175 cm³/mol. The van der Waals surface area contributed by atoms with Crippen molar-refractivity contribution in [2.24, 2.45) is 0 Å². The molecule has 0 saturated carbocycles. The maximum absolute atomic E-state index is 14.4. The summed E-state index contributed by atoms with van der Waals surface area (Å²) in [5, 5.41) is 2.96. The molecule has 0 aliphatic rings. The fourth-order valence-electron chi connectivity index (χ4n) is 4.94. The van der Waals surface area contributed by atoms with Gasteiger partial charge in [0.25, 0.3) is 10.0 Å². The van der Waals surface area contributed by atoms with Gasteiger partial charge in [0, 0.05) is 25.1 Å². The monoisotopic (exact) mass is 629 g/mol. The predicted octanol–water partition coefficient (Wildman–Crippen LogP) is 5.06. The normalized spacial score (nSPS) is 11.8. The van der Waals surface area contributed by atoms with Gasteiger partial charge in [-0.3, -0.25) is 13.9 Å². The van der Waals surface area contributed by atoms with Crippen molar-refractivity contribution in [2.45, 2.75) is 43.8 Å². The third-order valence-corrected chi connectivity index (χ3v) is 8.93. The van der Waals surface area contributed by atoms with Gasteiger partial charge >= 0.3 is 0 Å². The molecule has 0 aliphatic carbocycles. The van der Waals surface area contributed by atoms with Crippen LogP contribution in [0.4, 0.5) is 5.69 Å². The van der Waals surface area contributed by atoms with Crippen molar-refractivity contribution in [1.82, 2.24) is 10.2 Å². The number of nitrogens with one attached hydrogen (secondary N) is 1. The van der Waals surface area contributed by atoms with Crippen LogP contribution >= 0.6 is 0 Å². The number of hydrogen-bond donors (Lipinski definition) is 1. The number of hydrogen-bond acceptors (Lipinski definition) is 6. The van der Waals surface area contributed by atoms with Gasteiger partial charge in [-0.2, -0.15) is 0 Å². The Kier molecular flexibility index (Phi) is 11.2. The molecule has 1 N–H and O–H groups in total. The van der Waals surface area contributed by atoms with E-state index in [9.17, 15) is 18.0 Å². The van der Waals surface area contributed by atoms with E-state index in [1.807, 2.05) is 74.5 Å². The van der Waals surface area contributed by atoms with Crippen molar-refractivity contribution in [1.29, 1.82) is 0 Å². The highest BCUT2D eigenvalue weighted by molar-refractivity contribution is 7.92. The average molecular weight is 630 g/mol. The molecular weight excluding hydrogens is 590 g/mol. The molecule has 0 unspecified atom stereocenters. The van der Waals surface area contributed by atoms with E-state index in [2.05, 4.69) is 5.32 Å². The van der Waals surface area contributed by atoms with Gasteiger partial charge in [-0.25, -0.2) is 8.42 Å². The second-order valence-electron chi connectivity index (χ2n) is 10.7. The first-order chi connectivity index (χ1) is 21.6. The Balaban J connectivity index is 1.79. The van der Waals surface area contributed by atoms with E-state index in [0.717, 1.165) is 15.4 Å². The first-order valence-electron chi connectivity index (χ1n) is 14.6. The second kappa shape index (κ2) is 15.3. The first kappa shape index (κ1) is 33.1. The minimum atomic E-state index is -4.29. The molecule has 2 amide bonds. The third-order valence-electron chi connectivity index (χ3n) is 7.16. The van der Waals surface area contributed by atoms with E-state index in [1.54, 1.807) is 30.3 Å². The molecule has 0 fully saturated rings. The van der Waals surface area contributed by atoms with Crippen LogP contribution in [0.2, 0.25) is 0 Å². The number of ether oxygens (including phenoxy) is 2. The zero-order valence-corrected chi connectivity index (χ0v) is 26.7. The second-order valence-corrected chi connectivity index (χ2v) is 12.6. The number of rotatable bonds is 14. The molecule has 45 heavy (non-hydrogen) atoms. The maximum atomic E-state index is 14.4. The number of benzene rings is 4. The molecule has 236 valence electrons. The summed E-state index contributed by atoms with van der Waals surface area (Å²) in [6.45, 7) is 3.26. The van der Waals surface area contributed by atoms with Crippen molar-refractivity contribution < 1.29 is 27.5 Å². The van der Waals surface area contributed by atoms with Crippen molar-refractivity contribution in [3.8, 4) is 11.5 Å². The summed E-state index contributed by atoms with van der Waals surface area (Å²) < 4.78 is 40.2. The Morgan fingerprint density at radius 2 is 1.31 bits per heavy atom. The lowest BCUT2D eigenvalue weighted by Gasteiger charge is -2.34. The van der Waals surface area contributed by atoms with Crippen molar-refractivity contribution in [3.05, 3.63) is 120 Å². The van der Waals surface area contributed by atoms with Crippen LogP contribution in [-0.2, 0) is 32.6 Å². The molecule has 0 radical (unpaired) electrons. The van der Waals surface area contributed by atoms with Crippen LogP contribution in [-0.4, -0.2) is 58.0 Å². The summed E-state index contributed by atoms with van der Waals surface area (Å²) in [4.78, 5) is 29.6. The van der Waals surface area contributed by atoms with Crippen LogP contribution in [0.3, 0.4) is 0 Å². The standard InChI is InChI=1S/C35H39N3O6S/c1-26(2)36-35(40)31(22-27-14-8-5-9-15-27)37(24-28-16-10-6-11-17-28)34(39)25-38(29-18-12-7-13-19-29)45(41,42)30-20-21-32(43-3)33(23-30)44-4/h5-21,23,26,31H,22,24-25H2,1-4H3,(H,36,40)/t31-/m1/s1. The Morgan fingerprint density at radius 3 is 1.87 bits per heavy atom. The maximum Gasteiger partial charge on any atom is 0.264 e. The average Bonchev–Trinajstić information content (AvgIpc) is 3.05. The lowest BCUT2D eigenvalue weighted by molar-refractivity contribution is -0.140. The molecule has 0 bridgehead atoms. The summed E-state index contributed by atoms with van der Waals surface area (Å²) in [7, 11) is -1.41. The molecule has 4 aromatic rings. The van der Waals surface area contributed by atoms with Gasteiger partial charge in [-0.05, 0) is 49.2 Å². The largest absolute Gasteiger partial charge is 0.493 e. The molecule has 0 spiro atoms. The van der Waals surface area contributed by atoms with Crippen LogP contribution < -0.4 is 19.1 Å². The van der Waals surface area contributed by atoms with Gasteiger partial charge in [0.15, 0.2) is 11.5 Å². The minimum absolute atomic E-state index is 0.0789.